The van der Waals surface area contributed by atoms with Gasteiger partial charge in [0.15, 0.2) is 5.78 Å². The fourth-order valence-corrected chi connectivity index (χ4v) is 3.54. The van der Waals surface area contributed by atoms with Gasteiger partial charge in [0.1, 0.15) is 11.4 Å². The third kappa shape index (κ3) is 3.67. The van der Waals surface area contributed by atoms with Gasteiger partial charge in [0.25, 0.3) is 5.56 Å². The number of aromatic nitrogens is 2. The molecule has 0 aliphatic carbocycles. The van der Waals surface area contributed by atoms with Gasteiger partial charge in [-0.25, -0.2) is 4.79 Å². The molecule has 2 aromatic rings. The van der Waals surface area contributed by atoms with Crippen molar-refractivity contribution < 1.29 is 4.79 Å². The van der Waals surface area contributed by atoms with E-state index in [0.717, 1.165) is 27.9 Å². The molecule has 0 amide bonds. The summed E-state index contributed by atoms with van der Waals surface area (Å²) >= 11 is 0. The molecule has 1 aliphatic rings. The third-order valence-corrected chi connectivity index (χ3v) is 5.32. The highest BCUT2D eigenvalue weighted by atomic mass is 16.2. The minimum Gasteiger partial charge on any atom is -0.384 e. The number of nitrogen functional groups attached to an aromatic ring is 1. The van der Waals surface area contributed by atoms with E-state index in [0.29, 0.717) is 0 Å². The number of anilines is 3. The molecule has 150 valence electrons. The number of nitrogens with one attached hydrogen (secondary N) is 1. The van der Waals surface area contributed by atoms with Crippen LogP contribution in [0.5, 0.6) is 0 Å². The lowest BCUT2D eigenvalue weighted by atomic mass is 10.1. The summed E-state index contributed by atoms with van der Waals surface area (Å²) in [5.74, 6) is -0.569. The van der Waals surface area contributed by atoms with Crippen molar-refractivity contribution in [2.75, 3.05) is 29.0 Å². The van der Waals surface area contributed by atoms with E-state index >= 15 is 0 Å². The smallest absolute Gasteiger partial charge is 0.332 e. The van der Waals surface area contributed by atoms with E-state index in [-0.39, 0.29) is 11.4 Å². The van der Waals surface area contributed by atoms with E-state index in [1.807, 2.05) is 24.3 Å². The molecule has 2 heterocycles. The van der Waals surface area contributed by atoms with Gasteiger partial charge in [-0.3, -0.25) is 18.7 Å². The van der Waals surface area contributed by atoms with Crippen molar-refractivity contribution in [3.05, 3.63) is 50.7 Å². The molecule has 8 nitrogen and oxygen atoms in total. The standard InChI is InChI=1S/C20H27N5O3/c1-13(17(26)16-18(21)23(2)20(28)24(3)19(16)27)22-14-7-9-15(10-8-14)25-11-5-4-6-12-25/h7-10,13,22H,4-6,11-12,21H2,1-3H3/t13-/m0/s1. The fourth-order valence-electron chi connectivity index (χ4n) is 3.54. The number of carbonyl (C=O) groups excluding carboxylic acids is 1. The maximum Gasteiger partial charge on any atom is 0.332 e. The molecule has 1 saturated heterocycles. The molecule has 0 spiro atoms. The highest BCUT2D eigenvalue weighted by molar-refractivity contribution is 6.04. The number of rotatable bonds is 5. The molecule has 1 atom stereocenters. The second-order valence-corrected chi connectivity index (χ2v) is 7.29. The van der Waals surface area contributed by atoms with Gasteiger partial charge in [-0.1, -0.05) is 0 Å². The Balaban J connectivity index is 1.78. The predicted octanol–water partition coefficient (Wildman–Crippen LogP) is 1.34. The van der Waals surface area contributed by atoms with E-state index in [1.165, 1.54) is 39.0 Å². The Kier molecular flexibility index (Phi) is 5.58. The fraction of sp³-hybridized carbons (Fsp3) is 0.450. The van der Waals surface area contributed by atoms with Gasteiger partial charge in [-0.05, 0) is 50.5 Å². The second-order valence-electron chi connectivity index (χ2n) is 7.29. The first-order valence-electron chi connectivity index (χ1n) is 9.52. The van der Waals surface area contributed by atoms with Crippen LogP contribution in [-0.4, -0.2) is 34.0 Å². The van der Waals surface area contributed by atoms with Crippen molar-refractivity contribution in [1.82, 2.24) is 9.13 Å². The van der Waals surface area contributed by atoms with Gasteiger partial charge in [0.05, 0.1) is 6.04 Å². The number of nitrogens with two attached hydrogens (primary N) is 1. The minimum atomic E-state index is -0.681. The summed E-state index contributed by atoms with van der Waals surface area (Å²) in [5.41, 5.74) is 6.42. The number of benzene rings is 1. The van der Waals surface area contributed by atoms with Gasteiger partial charge < -0.3 is 16.0 Å². The molecule has 1 fully saturated rings. The van der Waals surface area contributed by atoms with Crippen LogP contribution in [0.25, 0.3) is 0 Å². The molecule has 1 aliphatic heterocycles. The molecular weight excluding hydrogens is 358 g/mol. The van der Waals surface area contributed by atoms with Crippen LogP contribution in [0.4, 0.5) is 17.2 Å². The van der Waals surface area contributed by atoms with Gasteiger partial charge in [-0.2, -0.15) is 0 Å². The van der Waals surface area contributed by atoms with Crippen LogP contribution in [-0.2, 0) is 14.1 Å². The maximum atomic E-state index is 12.8. The van der Waals surface area contributed by atoms with Crippen molar-refractivity contribution in [1.29, 1.82) is 0 Å². The number of hydrogen-bond donors (Lipinski definition) is 2. The summed E-state index contributed by atoms with van der Waals surface area (Å²) in [4.78, 5) is 39.5. The van der Waals surface area contributed by atoms with Gasteiger partial charge in [0.2, 0.25) is 0 Å². The van der Waals surface area contributed by atoms with Gasteiger partial charge in [-0.15, -0.1) is 0 Å². The molecule has 1 aromatic heterocycles. The molecule has 8 heteroatoms. The van der Waals surface area contributed by atoms with Crippen LogP contribution < -0.4 is 27.2 Å². The summed E-state index contributed by atoms with van der Waals surface area (Å²) in [7, 11) is 2.77. The Morgan fingerprint density at radius 3 is 2.25 bits per heavy atom. The molecule has 0 bridgehead atoms. The highest BCUT2D eigenvalue weighted by Crippen LogP contribution is 2.22. The Bertz CT molecular complexity index is 985. The van der Waals surface area contributed by atoms with Crippen LogP contribution in [0.3, 0.4) is 0 Å². The molecular formula is C20H27N5O3. The minimum absolute atomic E-state index is 0.118. The molecule has 0 unspecified atom stereocenters. The van der Waals surface area contributed by atoms with Gasteiger partial charge in [0, 0.05) is 38.6 Å². The first-order valence-corrected chi connectivity index (χ1v) is 9.52. The summed E-state index contributed by atoms with van der Waals surface area (Å²) in [5, 5.41) is 3.12. The maximum absolute atomic E-state index is 12.8. The monoisotopic (exact) mass is 385 g/mol. The summed E-state index contributed by atoms with van der Waals surface area (Å²) in [6.45, 7) is 3.80. The summed E-state index contributed by atoms with van der Waals surface area (Å²) < 4.78 is 2.00. The van der Waals surface area contributed by atoms with Crippen molar-refractivity contribution in [3.8, 4) is 0 Å². The van der Waals surface area contributed by atoms with Crippen LogP contribution in [0.2, 0.25) is 0 Å². The summed E-state index contributed by atoms with van der Waals surface area (Å²) in [6, 6.07) is 7.24. The Labute approximate surface area is 163 Å². The Morgan fingerprint density at radius 1 is 1.04 bits per heavy atom. The molecule has 28 heavy (non-hydrogen) atoms. The third-order valence-electron chi connectivity index (χ3n) is 5.32. The number of nitrogens with zero attached hydrogens (tertiary/aromatic N) is 3. The van der Waals surface area contributed by atoms with Gasteiger partial charge >= 0.3 is 5.69 Å². The van der Waals surface area contributed by atoms with Crippen molar-refractivity contribution in [3.63, 3.8) is 0 Å². The topological polar surface area (TPSA) is 102 Å². The lowest BCUT2D eigenvalue weighted by molar-refractivity contribution is 0.0973. The number of ketones is 1. The van der Waals surface area contributed by atoms with E-state index < -0.39 is 23.1 Å². The summed E-state index contributed by atoms with van der Waals surface area (Å²) in [6.07, 6.45) is 3.70. The SMILES string of the molecule is C[C@H](Nc1ccc(N2CCCCC2)cc1)C(=O)c1c(N)n(C)c(=O)n(C)c1=O. The van der Waals surface area contributed by atoms with Crippen molar-refractivity contribution >= 4 is 23.0 Å². The van der Waals surface area contributed by atoms with E-state index in [2.05, 4.69) is 10.2 Å². The Hall–Kier alpha value is -3.03. The number of Topliss-reactive ketones (excluding diaryl/α,β-unsaturated/α-hetero) is 1. The lowest BCUT2D eigenvalue weighted by Crippen LogP contribution is -2.43. The molecule has 0 saturated carbocycles. The highest BCUT2D eigenvalue weighted by Gasteiger charge is 2.24. The van der Waals surface area contributed by atoms with Crippen LogP contribution >= 0.6 is 0 Å². The normalized spacial score (nSPS) is 15.3. The zero-order valence-electron chi connectivity index (χ0n) is 16.6. The van der Waals surface area contributed by atoms with E-state index in [4.69, 9.17) is 5.73 Å². The van der Waals surface area contributed by atoms with Crippen LogP contribution in [0.15, 0.2) is 33.9 Å². The first-order chi connectivity index (χ1) is 13.3. The molecule has 3 rings (SSSR count). The van der Waals surface area contributed by atoms with E-state index in [1.54, 1.807) is 6.92 Å². The van der Waals surface area contributed by atoms with Crippen LogP contribution in [0, 0.1) is 0 Å². The largest absolute Gasteiger partial charge is 0.384 e. The average molecular weight is 385 g/mol. The number of piperidine rings is 1. The molecule has 3 N–H and O–H groups in total. The quantitative estimate of drug-likeness (QED) is 0.753. The second kappa shape index (κ2) is 7.92. The first kappa shape index (κ1) is 19.7. The zero-order chi connectivity index (χ0) is 20.4. The Morgan fingerprint density at radius 2 is 1.64 bits per heavy atom. The number of carbonyl (C=O) groups is 1. The van der Waals surface area contributed by atoms with E-state index in [9.17, 15) is 14.4 Å². The zero-order valence-corrected chi connectivity index (χ0v) is 16.6. The predicted molar refractivity (Wildman–Crippen MR) is 111 cm³/mol. The number of hydrogen-bond acceptors (Lipinski definition) is 6. The van der Waals surface area contributed by atoms with Crippen molar-refractivity contribution in [2.45, 2.75) is 32.2 Å². The molecule has 1 aromatic carbocycles. The average Bonchev–Trinajstić information content (AvgIpc) is 2.72. The van der Waals surface area contributed by atoms with Crippen LogP contribution in [0.1, 0.15) is 36.5 Å². The molecule has 0 radical (unpaired) electrons. The van der Waals surface area contributed by atoms with Crippen molar-refractivity contribution in [2.24, 2.45) is 14.1 Å². The lowest BCUT2D eigenvalue weighted by Gasteiger charge is -2.29.